The first-order valence-corrected chi connectivity index (χ1v) is 12.9. The molecule has 0 aromatic heterocycles. The Balaban J connectivity index is 1.55. The molecule has 176 valence electrons. The number of carbonyl (C=O) groups excluding carboxylic acids is 2. The lowest BCUT2D eigenvalue weighted by Gasteiger charge is -2.33. The summed E-state index contributed by atoms with van der Waals surface area (Å²) in [6.45, 7) is 6.29. The Hall–Kier alpha value is -2.71. The number of piperidine rings is 1. The molecule has 0 radical (unpaired) electrons. The van der Waals surface area contributed by atoms with Gasteiger partial charge in [-0.1, -0.05) is 12.5 Å². The summed E-state index contributed by atoms with van der Waals surface area (Å²) >= 11 is 0. The number of rotatable bonds is 5. The standard InChI is InChI=1S/C25H31N3O4S/c1-17-12-18(2)14-21(13-17)26-24(29)16-27-23-9-8-22(15-20(23)7-10-25(27)30)33(31,32)28-11-5-4-6-19(28)3/h8-9,12-15,19H,4-7,10-11,16H2,1-3H3,(H,26,29)/t19-/m1/s1. The molecule has 1 N–H and O–H groups in total. The van der Waals surface area contributed by atoms with Gasteiger partial charge in [0.05, 0.1) is 4.90 Å². The molecule has 2 aromatic rings. The first-order valence-electron chi connectivity index (χ1n) is 11.5. The molecule has 0 aliphatic carbocycles. The average Bonchev–Trinajstić information content (AvgIpc) is 2.75. The minimum atomic E-state index is -3.60. The van der Waals surface area contributed by atoms with E-state index in [1.165, 1.54) is 4.90 Å². The third-order valence-corrected chi connectivity index (χ3v) is 8.42. The predicted molar refractivity (Wildman–Crippen MR) is 129 cm³/mol. The molecule has 2 amide bonds. The first-order chi connectivity index (χ1) is 15.6. The number of hydrogen-bond acceptors (Lipinski definition) is 4. The van der Waals surface area contributed by atoms with E-state index in [9.17, 15) is 18.0 Å². The summed E-state index contributed by atoms with van der Waals surface area (Å²) < 4.78 is 28.1. The molecule has 1 atom stereocenters. The summed E-state index contributed by atoms with van der Waals surface area (Å²) in [5.41, 5.74) is 4.16. The number of hydrogen-bond donors (Lipinski definition) is 1. The van der Waals surface area contributed by atoms with Gasteiger partial charge in [0.1, 0.15) is 6.54 Å². The number of sulfonamides is 1. The quantitative estimate of drug-likeness (QED) is 0.722. The van der Waals surface area contributed by atoms with Crippen molar-refractivity contribution in [2.24, 2.45) is 0 Å². The summed E-state index contributed by atoms with van der Waals surface area (Å²) in [5.74, 6) is -0.432. The van der Waals surface area contributed by atoms with Crippen LogP contribution < -0.4 is 10.2 Å². The fraction of sp³-hybridized carbons (Fsp3) is 0.440. The summed E-state index contributed by atoms with van der Waals surface area (Å²) in [7, 11) is -3.60. The highest BCUT2D eigenvalue weighted by molar-refractivity contribution is 7.89. The second-order valence-electron chi connectivity index (χ2n) is 9.16. The van der Waals surface area contributed by atoms with Gasteiger partial charge >= 0.3 is 0 Å². The van der Waals surface area contributed by atoms with Crippen LogP contribution in [0.1, 0.15) is 49.3 Å². The third kappa shape index (κ3) is 4.96. The molecule has 2 aliphatic heterocycles. The maximum Gasteiger partial charge on any atom is 0.244 e. The minimum Gasteiger partial charge on any atom is -0.325 e. The van der Waals surface area contributed by atoms with E-state index in [4.69, 9.17) is 0 Å². The zero-order chi connectivity index (χ0) is 23.8. The van der Waals surface area contributed by atoms with Gasteiger partial charge in [-0.25, -0.2) is 8.42 Å². The van der Waals surface area contributed by atoms with Gasteiger partial charge in [0.25, 0.3) is 0 Å². The summed E-state index contributed by atoms with van der Waals surface area (Å²) in [6.07, 6.45) is 3.47. The van der Waals surface area contributed by atoms with Crippen LogP contribution in [0.3, 0.4) is 0 Å². The molecule has 2 aliphatic rings. The number of aryl methyl sites for hydroxylation is 3. The molecule has 8 heteroatoms. The van der Waals surface area contributed by atoms with Gasteiger partial charge in [0.2, 0.25) is 21.8 Å². The van der Waals surface area contributed by atoms with Crippen LogP contribution in [0.25, 0.3) is 0 Å². The van der Waals surface area contributed by atoms with Crippen LogP contribution >= 0.6 is 0 Å². The van der Waals surface area contributed by atoms with Gasteiger partial charge in [0, 0.05) is 30.4 Å². The fourth-order valence-electron chi connectivity index (χ4n) is 4.83. The highest BCUT2D eigenvalue weighted by Crippen LogP contribution is 2.32. The highest BCUT2D eigenvalue weighted by atomic mass is 32.2. The van der Waals surface area contributed by atoms with Crippen molar-refractivity contribution >= 4 is 33.2 Å². The predicted octanol–water partition coefficient (Wildman–Crippen LogP) is 3.78. The van der Waals surface area contributed by atoms with E-state index in [2.05, 4.69) is 5.32 Å². The molecule has 0 spiro atoms. The molecule has 7 nitrogen and oxygen atoms in total. The number of anilines is 2. The number of nitrogens with zero attached hydrogens (tertiary/aromatic N) is 2. The Bertz CT molecular complexity index is 1170. The van der Waals surface area contributed by atoms with E-state index in [-0.39, 0.29) is 35.7 Å². The van der Waals surface area contributed by atoms with E-state index in [0.29, 0.717) is 24.3 Å². The number of fused-ring (bicyclic) bond motifs is 1. The van der Waals surface area contributed by atoms with Crippen LogP contribution in [-0.2, 0) is 26.0 Å². The number of nitrogens with one attached hydrogen (secondary N) is 1. The van der Waals surface area contributed by atoms with Gasteiger partial charge in [0.15, 0.2) is 0 Å². The molecule has 2 aromatic carbocycles. The van der Waals surface area contributed by atoms with Gasteiger partial charge < -0.3 is 10.2 Å². The Labute approximate surface area is 195 Å². The van der Waals surface area contributed by atoms with Crippen molar-refractivity contribution in [1.82, 2.24) is 4.31 Å². The first kappa shape index (κ1) is 23.4. The highest BCUT2D eigenvalue weighted by Gasteiger charge is 2.33. The van der Waals surface area contributed by atoms with Crippen molar-refractivity contribution in [3.8, 4) is 0 Å². The SMILES string of the molecule is Cc1cc(C)cc(NC(=O)CN2C(=O)CCc3cc(S(=O)(=O)N4CCCC[C@H]4C)ccc32)c1. The Morgan fingerprint density at radius 3 is 2.48 bits per heavy atom. The molecule has 1 saturated heterocycles. The van der Waals surface area contributed by atoms with Gasteiger partial charge in [-0.15, -0.1) is 0 Å². The molecule has 1 fully saturated rings. The van der Waals surface area contributed by atoms with Crippen LogP contribution in [0, 0.1) is 13.8 Å². The average molecular weight is 470 g/mol. The summed E-state index contributed by atoms with van der Waals surface area (Å²) in [4.78, 5) is 27.1. The van der Waals surface area contributed by atoms with Crippen LogP contribution in [0.15, 0.2) is 41.3 Å². The van der Waals surface area contributed by atoms with Gasteiger partial charge in [-0.05, 0) is 87.1 Å². The van der Waals surface area contributed by atoms with Crippen LogP contribution in [0.2, 0.25) is 0 Å². The molecule has 0 unspecified atom stereocenters. The smallest absolute Gasteiger partial charge is 0.244 e. The molecular formula is C25H31N3O4S. The van der Waals surface area contributed by atoms with E-state index in [0.717, 1.165) is 36.0 Å². The largest absolute Gasteiger partial charge is 0.325 e. The number of carbonyl (C=O) groups is 2. The molecule has 33 heavy (non-hydrogen) atoms. The Morgan fingerprint density at radius 1 is 1.06 bits per heavy atom. The van der Waals surface area contributed by atoms with Crippen LogP contribution in [0.4, 0.5) is 11.4 Å². The molecular weight excluding hydrogens is 438 g/mol. The zero-order valence-corrected chi connectivity index (χ0v) is 20.2. The maximum atomic E-state index is 13.2. The van der Waals surface area contributed by atoms with E-state index in [1.807, 2.05) is 39.0 Å². The lowest BCUT2D eigenvalue weighted by Crippen LogP contribution is -2.42. The number of amides is 2. The van der Waals surface area contributed by atoms with Gasteiger partial charge in [-0.2, -0.15) is 4.31 Å². The van der Waals surface area contributed by atoms with Crippen molar-refractivity contribution in [1.29, 1.82) is 0 Å². The van der Waals surface area contributed by atoms with E-state index >= 15 is 0 Å². The molecule has 0 bridgehead atoms. The van der Waals surface area contributed by atoms with Crippen molar-refractivity contribution in [3.05, 3.63) is 53.1 Å². The number of benzene rings is 2. The maximum absolute atomic E-state index is 13.2. The fourth-order valence-corrected chi connectivity index (χ4v) is 6.58. The Kier molecular flexibility index (Phi) is 6.59. The molecule has 4 rings (SSSR count). The molecule has 2 heterocycles. The van der Waals surface area contributed by atoms with Crippen LogP contribution in [-0.4, -0.2) is 43.7 Å². The normalized spacial score (nSPS) is 19.3. The van der Waals surface area contributed by atoms with Crippen molar-refractivity contribution < 1.29 is 18.0 Å². The van der Waals surface area contributed by atoms with E-state index < -0.39 is 10.0 Å². The minimum absolute atomic E-state index is 0.0215. The molecule has 0 saturated carbocycles. The van der Waals surface area contributed by atoms with Crippen molar-refractivity contribution in [2.75, 3.05) is 23.3 Å². The topological polar surface area (TPSA) is 86.8 Å². The third-order valence-electron chi connectivity index (χ3n) is 6.41. The summed E-state index contributed by atoms with van der Waals surface area (Å²) in [5, 5.41) is 2.87. The van der Waals surface area contributed by atoms with Crippen molar-refractivity contribution in [2.45, 2.75) is 63.8 Å². The lowest BCUT2D eigenvalue weighted by atomic mass is 10.0. The lowest BCUT2D eigenvalue weighted by molar-refractivity contribution is -0.121. The summed E-state index contributed by atoms with van der Waals surface area (Å²) in [6, 6.07) is 10.7. The Morgan fingerprint density at radius 2 is 1.79 bits per heavy atom. The monoisotopic (exact) mass is 469 g/mol. The van der Waals surface area contributed by atoms with Gasteiger partial charge in [-0.3, -0.25) is 9.59 Å². The van der Waals surface area contributed by atoms with E-state index in [1.54, 1.807) is 22.5 Å². The second kappa shape index (κ2) is 9.27. The van der Waals surface area contributed by atoms with Crippen molar-refractivity contribution in [3.63, 3.8) is 0 Å². The van der Waals surface area contributed by atoms with Crippen LogP contribution in [0.5, 0.6) is 0 Å². The second-order valence-corrected chi connectivity index (χ2v) is 11.0. The zero-order valence-electron chi connectivity index (χ0n) is 19.4.